The molecule has 1 nitrogen and oxygen atoms in total. The molecule has 0 spiro atoms. The third-order valence-corrected chi connectivity index (χ3v) is 5.97. The van der Waals surface area contributed by atoms with Gasteiger partial charge in [0.25, 0.3) is 0 Å². The van der Waals surface area contributed by atoms with E-state index in [2.05, 4.69) is 64.8 Å². The lowest BCUT2D eigenvalue weighted by Crippen LogP contribution is -2.23. The van der Waals surface area contributed by atoms with Crippen LogP contribution in [0, 0.1) is 0 Å². The fraction of sp³-hybridized carbons (Fsp3) is 0.200. The zero-order valence-electron chi connectivity index (χ0n) is 10.6. The van der Waals surface area contributed by atoms with Gasteiger partial charge in [0.2, 0.25) is 0 Å². The van der Waals surface area contributed by atoms with E-state index >= 15 is 0 Å². The van der Waals surface area contributed by atoms with E-state index in [4.69, 9.17) is 0 Å². The molecule has 0 aliphatic heterocycles. The fourth-order valence-electron chi connectivity index (χ4n) is 2.09. The van der Waals surface area contributed by atoms with Crippen molar-refractivity contribution in [1.82, 2.24) is 5.32 Å². The molecular formula is C15H15NS3. The molecule has 19 heavy (non-hydrogen) atoms. The second-order valence-corrected chi connectivity index (χ2v) is 7.31. The van der Waals surface area contributed by atoms with Crippen LogP contribution in [-0.4, -0.2) is 0 Å². The largest absolute Gasteiger partial charge is 0.297 e. The number of hydrogen-bond acceptors (Lipinski definition) is 4. The van der Waals surface area contributed by atoms with Crippen LogP contribution in [0.25, 0.3) is 0 Å². The van der Waals surface area contributed by atoms with Crippen LogP contribution >= 0.6 is 34.0 Å². The monoisotopic (exact) mass is 305 g/mol. The molecule has 4 heteroatoms. The minimum atomic E-state index is 0.303. The smallest absolute Gasteiger partial charge is 0.0769 e. The summed E-state index contributed by atoms with van der Waals surface area (Å²) in [5.41, 5.74) is 0. The molecule has 98 valence electrons. The van der Waals surface area contributed by atoms with Crippen LogP contribution in [0.2, 0.25) is 0 Å². The number of rotatable bonds is 5. The summed E-state index contributed by atoms with van der Waals surface area (Å²) in [6.45, 7) is 2.24. The Hall–Kier alpha value is -0.940. The molecule has 0 aliphatic rings. The van der Waals surface area contributed by atoms with E-state index in [-0.39, 0.29) is 0 Å². The predicted octanol–water partition coefficient (Wildman–Crippen LogP) is 5.31. The third kappa shape index (κ3) is 2.98. The summed E-state index contributed by atoms with van der Waals surface area (Å²) in [6.07, 6.45) is 0. The summed E-state index contributed by atoms with van der Waals surface area (Å²) >= 11 is 5.44. The van der Waals surface area contributed by atoms with Crippen molar-refractivity contribution in [3.63, 3.8) is 0 Å². The minimum Gasteiger partial charge on any atom is -0.297 e. The normalized spacial score (nSPS) is 12.9. The van der Waals surface area contributed by atoms with Crippen molar-refractivity contribution in [2.45, 2.75) is 19.0 Å². The van der Waals surface area contributed by atoms with Crippen LogP contribution in [0.5, 0.6) is 0 Å². The first-order valence-electron chi connectivity index (χ1n) is 6.21. The summed E-state index contributed by atoms with van der Waals surface area (Å²) < 4.78 is 0. The lowest BCUT2D eigenvalue weighted by Gasteiger charge is -2.21. The van der Waals surface area contributed by atoms with Gasteiger partial charge in [0.15, 0.2) is 0 Å². The molecular weight excluding hydrogens is 290 g/mol. The zero-order chi connectivity index (χ0) is 13.1. The first kappa shape index (κ1) is 13.1. The van der Waals surface area contributed by atoms with Gasteiger partial charge in [-0.15, -0.1) is 34.0 Å². The van der Waals surface area contributed by atoms with Crippen molar-refractivity contribution >= 4 is 34.0 Å². The Labute approximate surface area is 125 Å². The molecule has 0 saturated heterocycles. The van der Waals surface area contributed by atoms with E-state index in [1.807, 2.05) is 34.0 Å². The molecule has 0 saturated carbocycles. The Morgan fingerprint density at radius 1 is 0.789 bits per heavy atom. The van der Waals surface area contributed by atoms with Crippen molar-refractivity contribution in [1.29, 1.82) is 0 Å². The molecule has 1 N–H and O–H groups in total. The van der Waals surface area contributed by atoms with Crippen molar-refractivity contribution in [3.8, 4) is 0 Å². The topological polar surface area (TPSA) is 12.0 Å². The van der Waals surface area contributed by atoms with Crippen LogP contribution in [0.15, 0.2) is 52.5 Å². The van der Waals surface area contributed by atoms with Gasteiger partial charge in [0, 0.05) is 20.7 Å². The van der Waals surface area contributed by atoms with Crippen LogP contribution in [0.4, 0.5) is 0 Å². The molecule has 3 aromatic rings. The standard InChI is InChI=1S/C15H15NS3/c1-11(12-5-2-8-17-12)16-15(13-6-3-9-18-13)14-7-4-10-19-14/h2-11,15-16H,1H3/t11-/m1/s1. The molecule has 0 unspecified atom stereocenters. The number of thiophene rings is 3. The fourth-order valence-corrected chi connectivity index (χ4v) is 4.51. The first-order valence-corrected chi connectivity index (χ1v) is 8.85. The summed E-state index contributed by atoms with van der Waals surface area (Å²) in [6, 6.07) is 13.7. The number of nitrogens with one attached hydrogen (secondary N) is 1. The minimum absolute atomic E-state index is 0.303. The molecule has 3 rings (SSSR count). The van der Waals surface area contributed by atoms with Gasteiger partial charge in [0.1, 0.15) is 0 Å². The highest BCUT2D eigenvalue weighted by molar-refractivity contribution is 7.11. The van der Waals surface area contributed by atoms with E-state index in [0.29, 0.717) is 12.1 Å². The van der Waals surface area contributed by atoms with E-state index in [0.717, 1.165) is 0 Å². The second kappa shape index (κ2) is 6.01. The Balaban J connectivity index is 1.84. The van der Waals surface area contributed by atoms with Gasteiger partial charge >= 0.3 is 0 Å². The van der Waals surface area contributed by atoms with Gasteiger partial charge in [-0.25, -0.2) is 0 Å². The third-order valence-electron chi connectivity index (χ3n) is 3.04. The second-order valence-electron chi connectivity index (χ2n) is 4.37. The molecule has 0 fully saturated rings. The highest BCUT2D eigenvalue weighted by Crippen LogP contribution is 2.32. The van der Waals surface area contributed by atoms with Crippen molar-refractivity contribution in [3.05, 3.63) is 67.2 Å². The molecule has 0 amide bonds. The Kier molecular flexibility index (Phi) is 4.13. The average Bonchev–Trinajstić information content (AvgIpc) is 3.17. The quantitative estimate of drug-likeness (QED) is 0.673. The summed E-state index contributed by atoms with van der Waals surface area (Å²) in [5, 5.41) is 10.2. The highest BCUT2D eigenvalue weighted by atomic mass is 32.1. The van der Waals surface area contributed by atoms with Gasteiger partial charge in [-0.1, -0.05) is 18.2 Å². The Morgan fingerprint density at radius 3 is 1.68 bits per heavy atom. The molecule has 3 aromatic heterocycles. The molecule has 0 aromatic carbocycles. The van der Waals surface area contributed by atoms with Gasteiger partial charge < -0.3 is 0 Å². The maximum Gasteiger partial charge on any atom is 0.0769 e. The van der Waals surface area contributed by atoms with E-state index in [1.165, 1.54) is 14.6 Å². The van der Waals surface area contributed by atoms with E-state index in [1.54, 1.807) is 0 Å². The van der Waals surface area contributed by atoms with Crippen LogP contribution < -0.4 is 5.32 Å². The lowest BCUT2D eigenvalue weighted by molar-refractivity contribution is 0.533. The van der Waals surface area contributed by atoms with Crippen LogP contribution in [0.3, 0.4) is 0 Å². The van der Waals surface area contributed by atoms with Gasteiger partial charge in [-0.2, -0.15) is 0 Å². The van der Waals surface area contributed by atoms with Crippen molar-refractivity contribution in [2.75, 3.05) is 0 Å². The highest BCUT2D eigenvalue weighted by Gasteiger charge is 2.19. The van der Waals surface area contributed by atoms with E-state index in [9.17, 15) is 0 Å². The van der Waals surface area contributed by atoms with E-state index < -0.39 is 0 Å². The predicted molar refractivity (Wildman–Crippen MR) is 86.4 cm³/mol. The lowest BCUT2D eigenvalue weighted by atomic mass is 10.1. The van der Waals surface area contributed by atoms with Gasteiger partial charge in [0.05, 0.1) is 6.04 Å². The molecule has 3 heterocycles. The summed E-state index contributed by atoms with van der Waals surface area (Å²) in [4.78, 5) is 4.15. The SMILES string of the molecule is C[C@@H](NC(c1cccs1)c1cccs1)c1cccs1. The summed E-state index contributed by atoms with van der Waals surface area (Å²) in [5.74, 6) is 0. The maximum atomic E-state index is 3.76. The Morgan fingerprint density at radius 2 is 1.26 bits per heavy atom. The maximum absolute atomic E-state index is 3.76. The van der Waals surface area contributed by atoms with Gasteiger partial charge in [-0.05, 0) is 41.3 Å². The van der Waals surface area contributed by atoms with Crippen molar-refractivity contribution < 1.29 is 0 Å². The summed E-state index contributed by atoms with van der Waals surface area (Å²) in [7, 11) is 0. The van der Waals surface area contributed by atoms with Crippen LogP contribution in [-0.2, 0) is 0 Å². The zero-order valence-corrected chi connectivity index (χ0v) is 13.0. The van der Waals surface area contributed by atoms with Crippen LogP contribution in [0.1, 0.15) is 33.6 Å². The number of hydrogen-bond donors (Lipinski definition) is 1. The molecule has 0 radical (unpaired) electrons. The first-order chi connectivity index (χ1) is 9.34. The molecule has 0 aliphatic carbocycles. The van der Waals surface area contributed by atoms with Gasteiger partial charge in [-0.3, -0.25) is 5.32 Å². The molecule has 0 bridgehead atoms. The Bertz CT molecular complexity index is 547. The average molecular weight is 305 g/mol. The molecule has 1 atom stereocenters. The van der Waals surface area contributed by atoms with Crippen molar-refractivity contribution in [2.24, 2.45) is 0 Å².